The van der Waals surface area contributed by atoms with Crippen molar-refractivity contribution in [2.45, 2.75) is 68.8 Å². The number of halogens is 5. The van der Waals surface area contributed by atoms with E-state index in [-0.39, 0.29) is 24.4 Å². The Labute approximate surface area is 206 Å². The molecule has 2 rings (SSSR count). The molecule has 1 aliphatic carbocycles. The molecule has 5 nitrogen and oxygen atoms in total. The van der Waals surface area contributed by atoms with E-state index in [2.05, 4.69) is 9.04 Å². The highest BCUT2D eigenvalue weighted by atomic mass is 32.2. The van der Waals surface area contributed by atoms with Crippen molar-refractivity contribution in [3.63, 3.8) is 0 Å². The molecule has 1 unspecified atom stereocenters. The molecule has 0 amide bonds. The molecule has 35 heavy (non-hydrogen) atoms. The van der Waals surface area contributed by atoms with Crippen LogP contribution in [0, 0.1) is 0 Å². The molecule has 0 spiro atoms. The third-order valence-corrected chi connectivity index (χ3v) is 6.10. The molecule has 0 saturated heterocycles. The number of allylic oxidation sites excluding steroid dienone is 3. The molecule has 0 aromatic heterocycles. The third kappa shape index (κ3) is 12.8. The van der Waals surface area contributed by atoms with E-state index in [1.54, 1.807) is 12.1 Å². The van der Waals surface area contributed by atoms with Gasteiger partial charge in [-0.25, -0.2) is 13.1 Å². The maximum atomic E-state index is 13.6. The molecular formula is C24H30F5NO4S. The van der Waals surface area contributed by atoms with E-state index in [0.29, 0.717) is 32.5 Å². The molecule has 196 valence electrons. The summed E-state index contributed by atoms with van der Waals surface area (Å²) in [5.74, 6) is -1.72. The van der Waals surface area contributed by atoms with E-state index >= 15 is 0 Å². The van der Waals surface area contributed by atoms with Crippen molar-refractivity contribution >= 4 is 17.9 Å². The summed E-state index contributed by atoms with van der Waals surface area (Å²) in [6.45, 7) is 1.70. The minimum absolute atomic E-state index is 0.0791. The van der Waals surface area contributed by atoms with Gasteiger partial charge in [0.15, 0.2) is 11.6 Å². The second kappa shape index (κ2) is 15.0. The summed E-state index contributed by atoms with van der Waals surface area (Å²) in [4.78, 5) is 11.4. The highest BCUT2D eigenvalue weighted by Gasteiger charge is 2.31. The van der Waals surface area contributed by atoms with Crippen molar-refractivity contribution in [1.82, 2.24) is 4.31 Å². The standard InChI is InChI=1S/C24H30F5NO4S/c25-18-8-13-22(21(26)17-18)33-16-6-2-5-15-30(14-4-1-3-7-23(31)32)35-20-11-9-19(10-12-20)34-24(27,28)29/h9-13,17-18H,1-8,14-16H2,(H,31,32). The van der Waals surface area contributed by atoms with Gasteiger partial charge in [0.1, 0.15) is 11.9 Å². The molecule has 1 aromatic carbocycles. The minimum atomic E-state index is -4.74. The van der Waals surface area contributed by atoms with Gasteiger partial charge in [-0.2, -0.15) is 0 Å². The molecular weight excluding hydrogens is 493 g/mol. The SMILES string of the molecule is O=C(O)CCCCCN(CCCCCOC1=CCC(F)C=C1F)Sc1ccc(OC(F)(F)F)cc1. The number of hydrogen-bond donors (Lipinski definition) is 1. The quantitative estimate of drug-likeness (QED) is 0.140. The number of carboxylic acids is 1. The first-order valence-electron chi connectivity index (χ1n) is 11.5. The Morgan fingerprint density at radius 1 is 1.06 bits per heavy atom. The fraction of sp³-hybridized carbons (Fsp3) is 0.542. The number of carboxylic acid groups (broad SMARTS) is 1. The van der Waals surface area contributed by atoms with E-state index in [9.17, 15) is 26.7 Å². The van der Waals surface area contributed by atoms with Crippen LogP contribution in [0.4, 0.5) is 22.0 Å². The van der Waals surface area contributed by atoms with E-state index in [4.69, 9.17) is 9.84 Å². The first-order valence-corrected chi connectivity index (χ1v) is 12.2. The number of aliphatic carboxylic acids is 1. The highest BCUT2D eigenvalue weighted by molar-refractivity contribution is 7.97. The number of unbranched alkanes of at least 4 members (excludes halogenated alkanes) is 4. The van der Waals surface area contributed by atoms with Gasteiger partial charge < -0.3 is 14.6 Å². The van der Waals surface area contributed by atoms with Gasteiger partial charge in [0.25, 0.3) is 0 Å². The molecule has 0 aliphatic heterocycles. The van der Waals surface area contributed by atoms with E-state index in [1.807, 2.05) is 0 Å². The Hall–Kier alpha value is -2.27. The molecule has 1 atom stereocenters. The lowest BCUT2D eigenvalue weighted by molar-refractivity contribution is -0.274. The second-order valence-electron chi connectivity index (χ2n) is 7.99. The van der Waals surface area contributed by atoms with Gasteiger partial charge in [0, 0.05) is 30.8 Å². The smallest absolute Gasteiger partial charge is 0.491 e. The van der Waals surface area contributed by atoms with Crippen LogP contribution in [0.3, 0.4) is 0 Å². The summed E-state index contributed by atoms with van der Waals surface area (Å²) in [6, 6.07) is 5.63. The molecule has 0 bridgehead atoms. The Balaban J connectivity index is 1.77. The number of rotatable bonds is 16. The Bertz CT molecular complexity index is 845. The minimum Gasteiger partial charge on any atom is -0.491 e. The van der Waals surface area contributed by atoms with Gasteiger partial charge in [-0.05, 0) is 80.5 Å². The van der Waals surface area contributed by atoms with Crippen LogP contribution in [0.2, 0.25) is 0 Å². The second-order valence-corrected chi connectivity index (χ2v) is 9.16. The molecule has 0 heterocycles. The fourth-order valence-electron chi connectivity index (χ4n) is 3.30. The lowest BCUT2D eigenvalue weighted by atomic mass is 10.1. The number of alkyl halides is 4. The lowest BCUT2D eigenvalue weighted by Crippen LogP contribution is -2.19. The summed E-state index contributed by atoms with van der Waals surface area (Å²) in [7, 11) is 0. The Morgan fingerprint density at radius 3 is 2.31 bits per heavy atom. The largest absolute Gasteiger partial charge is 0.573 e. The fourth-order valence-corrected chi connectivity index (χ4v) is 4.30. The maximum Gasteiger partial charge on any atom is 0.573 e. The number of carbonyl (C=O) groups is 1. The van der Waals surface area contributed by atoms with Crippen LogP contribution in [0.15, 0.2) is 52.9 Å². The molecule has 0 saturated carbocycles. The number of hydrogen-bond acceptors (Lipinski definition) is 5. The van der Waals surface area contributed by atoms with Gasteiger partial charge in [-0.3, -0.25) is 4.79 Å². The summed E-state index contributed by atoms with van der Waals surface area (Å²) in [5.41, 5.74) is 0. The normalized spacial score (nSPS) is 16.1. The summed E-state index contributed by atoms with van der Waals surface area (Å²) in [5, 5.41) is 8.76. The van der Waals surface area contributed by atoms with E-state index in [1.165, 1.54) is 30.2 Å². The molecule has 1 aliphatic rings. The van der Waals surface area contributed by atoms with Crippen LogP contribution in [-0.2, 0) is 9.53 Å². The molecule has 11 heteroatoms. The molecule has 1 N–H and O–H groups in total. The summed E-state index contributed by atoms with van der Waals surface area (Å²) < 4.78 is 75.2. The van der Waals surface area contributed by atoms with Gasteiger partial charge in [-0.15, -0.1) is 13.2 Å². The van der Waals surface area contributed by atoms with Crippen LogP contribution >= 0.6 is 11.9 Å². The zero-order chi connectivity index (χ0) is 25.7. The average Bonchev–Trinajstić information content (AvgIpc) is 2.77. The van der Waals surface area contributed by atoms with Gasteiger partial charge in [-0.1, -0.05) is 6.42 Å². The van der Waals surface area contributed by atoms with Gasteiger partial charge >= 0.3 is 12.3 Å². The van der Waals surface area contributed by atoms with E-state index in [0.717, 1.165) is 36.7 Å². The van der Waals surface area contributed by atoms with Crippen molar-refractivity contribution in [1.29, 1.82) is 0 Å². The van der Waals surface area contributed by atoms with Crippen LogP contribution in [-0.4, -0.2) is 47.6 Å². The highest BCUT2D eigenvalue weighted by Crippen LogP contribution is 2.29. The van der Waals surface area contributed by atoms with E-state index < -0.39 is 24.3 Å². The number of ether oxygens (including phenoxy) is 2. The topological polar surface area (TPSA) is 59.0 Å². The molecule has 1 aromatic rings. The third-order valence-electron chi connectivity index (χ3n) is 4.99. The number of benzene rings is 1. The average molecular weight is 524 g/mol. The van der Waals surface area contributed by atoms with Crippen molar-refractivity contribution in [2.75, 3.05) is 19.7 Å². The van der Waals surface area contributed by atoms with Crippen LogP contribution in [0.5, 0.6) is 5.75 Å². The number of nitrogens with zero attached hydrogens (tertiary/aromatic N) is 1. The Kier molecular flexibility index (Phi) is 12.4. The van der Waals surface area contributed by atoms with Crippen molar-refractivity contribution in [3.05, 3.63) is 48.0 Å². The van der Waals surface area contributed by atoms with Crippen molar-refractivity contribution in [3.8, 4) is 5.75 Å². The Morgan fingerprint density at radius 2 is 1.71 bits per heavy atom. The van der Waals surface area contributed by atoms with Crippen LogP contribution in [0.25, 0.3) is 0 Å². The summed E-state index contributed by atoms with van der Waals surface area (Å²) in [6.07, 6.45) is 0.895. The van der Waals surface area contributed by atoms with Gasteiger partial charge in [0.05, 0.1) is 6.61 Å². The first kappa shape index (κ1) is 29.0. The van der Waals surface area contributed by atoms with Crippen LogP contribution in [0.1, 0.15) is 51.4 Å². The first-order chi connectivity index (χ1) is 16.6. The van der Waals surface area contributed by atoms with Gasteiger partial charge in [0.2, 0.25) is 0 Å². The van der Waals surface area contributed by atoms with Crippen molar-refractivity contribution < 1.29 is 41.3 Å². The molecule has 0 fully saturated rings. The predicted octanol–water partition coefficient (Wildman–Crippen LogP) is 7.21. The predicted molar refractivity (Wildman–Crippen MR) is 123 cm³/mol. The maximum absolute atomic E-state index is 13.6. The van der Waals surface area contributed by atoms with Crippen LogP contribution < -0.4 is 4.74 Å². The molecule has 0 radical (unpaired) electrons. The zero-order valence-electron chi connectivity index (χ0n) is 19.2. The zero-order valence-corrected chi connectivity index (χ0v) is 20.1. The van der Waals surface area contributed by atoms with Crippen molar-refractivity contribution in [2.24, 2.45) is 0 Å². The lowest BCUT2D eigenvalue weighted by Gasteiger charge is -2.21. The summed E-state index contributed by atoms with van der Waals surface area (Å²) >= 11 is 1.41. The monoisotopic (exact) mass is 523 g/mol.